The third-order valence-corrected chi connectivity index (χ3v) is 3.04. The van der Waals surface area contributed by atoms with Crippen molar-refractivity contribution in [3.63, 3.8) is 0 Å². The second kappa shape index (κ2) is 4.92. The molecule has 0 bridgehead atoms. The van der Waals surface area contributed by atoms with Gasteiger partial charge < -0.3 is 20.6 Å². The summed E-state index contributed by atoms with van der Waals surface area (Å²) in [6.45, 7) is 0.416. The molecular weight excluding hydrogens is 198 g/mol. The Morgan fingerprint density at radius 1 is 1.33 bits per heavy atom. The van der Waals surface area contributed by atoms with Crippen molar-refractivity contribution in [1.29, 1.82) is 0 Å². The molecule has 0 aromatic carbocycles. The normalized spacial score (nSPS) is 18.7. The summed E-state index contributed by atoms with van der Waals surface area (Å²) in [6, 6.07) is 0. The molecule has 1 aliphatic carbocycles. The van der Waals surface area contributed by atoms with Gasteiger partial charge in [-0.3, -0.25) is 4.79 Å². The van der Waals surface area contributed by atoms with Crippen molar-refractivity contribution in [1.82, 2.24) is 5.32 Å². The van der Waals surface area contributed by atoms with E-state index in [4.69, 9.17) is 15.3 Å². The van der Waals surface area contributed by atoms with E-state index in [1.165, 1.54) is 0 Å². The molecule has 1 amide bonds. The quantitative estimate of drug-likeness (QED) is 0.453. The van der Waals surface area contributed by atoms with Crippen molar-refractivity contribution in [2.45, 2.75) is 25.3 Å². The maximum Gasteiger partial charge on any atom is 0.223 e. The number of rotatable bonds is 6. The molecule has 1 saturated carbocycles. The molecule has 1 aliphatic rings. The molecule has 0 aliphatic heterocycles. The van der Waals surface area contributed by atoms with Crippen molar-refractivity contribution in [3.05, 3.63) is 0 Å². The van der Waals surface area contributed by atoms with Crippen LogP contribution in [0.5, 0.6) is 0 Å². The standard InChI is InChI=1S/C10H19NO4/c1-7(8-2-3-8)9(15)11-10(4-12,5-13)6-14/h7-8,12-14H,2-6H2,1H3,(H,11,15). The average Bonchev–Trinajstić information content (AvgIpc) is 3.08. The molecule has 5 heteroatoms. The van der Waals surface area contributed by atoms with E-state index >= 15 is 0 Å². The predicted molar refractivity (Wildman–Crippen MR) is 54.0 cm³/mol. The van der Waals surface area contributed by atoms with Gasteiger partial charge in [0, 0.05) is 5.92 Å². The Labute approximate surface area is 89.1 Å². The Balaban J connectivity index is 2.52. The molecule has 0 aromatic heterocycles. The van der Waals surface area contributed by atoms with Gasteiger partial charge in [-0.1, -0.05) is 6.92 Å². The van der Waals surface area contributed by atoms with Crippen LogP contribution in [0.4, 0.5) is 0 Å². The van der Waals surface area contributed by atoms with Crippen LogP contribution < -0.4 is 5.32 Å². The molecule has 5 nitrogen and oxygen atoms in total. The number of amides is 1. The van der Waals surface area contributed by atoms with Crippen LogP contribution in [0, 0.1) is 11.8 Å². The molecule has 1 rings (SSSR count). The van der Waals surface area contributed by atoms with Crippen LogP contribution in [0.25, 0.3) is 0 Å². The number of carbonyl (C=O) groups excluding carboxylic acids is 1. The molecule has 4 N–H and O–H groups in total. The SMILES string of the molecule is CC(C(=O)NC(CO)(CO)CO)C1CC1. The number of hydrogen-bond acceptors (Lipinski definition) is 4. The molecule has 1 atom stereocenters. The van der Waals surface area contributed by atoms with Crippen LogP contribution in [0.3, 0.4) is 0 Å². The van der Waals surface area contributed by atoms with Gasteiger partial charge in [-0.25, -0.2) is 0 Å². The van der Waals surface area contributed by atoms with E-state index in [2.05, 4.69) is 5.32 Å². The molecule has 1 unspecified atom stereocenters. The topological polar surface area (TPSA) is 89.8 Å². The number of carbonyl (C=O) groups is 1. The van der Waals surface area contributed by atoms with Gasteiger partial charge in [0.1, 0.15) is 5.54 Å². The lowest BCUT2D eigenvalue weighted by atomic mass is 9.99. The van der Waals surface area contributed by atoms with Gasteiger partial charge >= 0.3 is 0 Å². The van der Waals surface area contributed by atoms with E-state index in [9.17, 15) is 4.79 Å². The van der Waals surface area contributed by atoms with Gasteiger partial charge in [0.15, 0.2) is 0 Å². The zero-order valence-electron chi connectivity index (χ0n) is 8.94. The summed E-state index contributed by atoms with van der Waals surface area (Å²) >= 11 is 0. The van der Waals surface area contributed by atoms with E-state index in [-0.39, 0.29) is 11.8 Å². The minimum Gasteiger partial charge on any atom is -0.394 e. The summed E-state index contributed by atoms with van der Waals surface area (Å²) in [5.41, 5.74) is -1.29. The van der Waals surface area contributed by atoms with Crippen LogP contribution in [0.15, 0.2) is 0 Å². The summed E-state index contributed by atoms with van der Waals surface area (Å²) in [7, 11) is 0. The summed E-state index contributed by atoms with van der Waals surface area (Å²) < 4.78 is 0. The Morgan fingerprint density at radius 3 is 2.13 bits per heavy atom. The number of aliphatic hydroxyl groups excluding tert-OH is 3. The third-order valence-electron chi connectivity index (χ3n) is 3.04. The average molecular weight is 217 g/mol. The molecule has 0 spiro atoms. The van der Waals surface area contributed by atoms with E-state index in [1.807, 2.05) is 6.92 Å². The molecule has 0 radical (unpaired) electrons. The fourth-order valence-corrected chi connectivity index (χ4v) is 1.45. The van der Waals surface area contributed by atoms with Gasteiger partial charge in [-0.15, -0.1) is 0 Å². The van der Waals surface area contributed by atoms with Crippen molar-refractivity contribution in [2.75, 3.05) is 19.8 Å². The lowest BCUT2D eigenvalue weighted by Gasteiger charge is -2.30. The highest BCUT2D eigenvalue weighted by Gasteiger charge is 2.37. The van der Waals surface area contributed by atoms with Crippen LogP contribution in [0.1, 0.15) is 19.8 Å². The summed E-state index contributed by atoms with van der Waals surface area (Å²) in [6.07, 6.45) is 2.11. The van der Waals surface area contributed by atoms with Gasteiger partial charge in [-0.05, 0) is 18.8 Å². The van der Waals surface area contributed by atoms with Gasteiger partial charge in [0.25, 0.3) is 0 Å². The zero-order valence-corrected chi connectivity index (χ0v) is 8.94. The second-order valence-corrected chi connectivity index (χ2v) is 4.37. The van der Waals surface area contributed by atoms with Gasteiger partial charge in [0.2, 0.25) is 5.91 Å². The lowest BCUT2D eigenvalue weighted by Crippen LogP contribution is -2.58. The van der Waals surface area contributed by atoms with E-state index < -0.39 is 25.4 Å². The fourth-order valence-electron chi connectivity index (χ4n) is 1.45. The predicted octanol–water partition coefficient (Wildman–Crippen LogP) is -1.14. The first-order valence-electron chi connectivity index (χ1n) is 5.23. The molecule has 88 valence electrons. The number of aliphatic hydroxyl groups is 3. The van der Waals surface area contributed by atoms with Gasteiger partial charge in [0.05, 0.1) is 19.8 Å². The molecule has 0 heterocycles. The highest BCUT2D eigenvalue weighted by molar-refractivity contribution is 5.79. The zero-order chi connectivity index (χ0) is 11.5. The first-order valence-corrected chi connectivity index (χ1v) is 5.23. The molecule has 1 fully saturated rings. The largest absolute Gasteiger partial charge is 0.394 e. The Hall–Kier alpha value is -0.650. The van der Waals surface area contributed by atoms with Crippen LogP contribution in [0.2, 0.25) is 0 Å². The van der Waals surface area contributed by atoms with Crippen molar-refractivity contribution in [3.8, 4) is 0 Å². The van der Waals surface area contributed by atoms with Crippen molar-refractivity contribution < 1.29 is 20.1 Å². The minimum absolute atomic E-state index is 0.117. The second-order valence-electron chi connectivity index (χ2n) is 4.37. The van der Waals surface area contributed by atoms with E-state index in [0.29, 0.717) is 5.92 Å². The molecule has 0 aromatic rings. The fraction of sp³-hybridized carbons (Fsp3) is 0.900. The van der Waals surface area contributed by atoms with Crippen molar-refractivity contribution >= 4 is 5.91 Å². The minimum atomic E-state index is -1.29. The monoisotopic (exact) mass is 217 g/mol. The van der Waals surface area contributed by atoms with E-state index in [1.54, 1.807) is 0 Å². The van der Waals surface area contributed by atoms with E-state index in [0.717, 1.165) is 12.8 Å². The Morgan fingerprint density at radius 2 is 1.80 bits per heavy atom. The third kappa shape index (κ3) is 2.90. The summed E-state index contributed by atoms with van der Waals surface area (Å²) in [4.78, 5) is 11.7. The summed E-state index contributed by atoms with van der Waals surface area (Å²) in [5.74, 6) is 0.0856. The van der Waals surface area contributed by atoms with Crippen molar-refractivity contribution in [2.24, 2.45) is 11.8 Å². The molecule has 0 saturated heterocycles. The highest BCUT2D eigenvalue weighted by atomic mass is 16.3. The van der Waals surface area contributed by atoms with Crippen LogP contribution in [-0.4, -0.2) is 46.6 Å². The smallest absolute Gasteiger partial charge is 0.223 e. The molecular formula is C10H19NO4. The lowest BCUT2D eigenvalue weighted by molar-refractivity contribution is -0.129. The maximum absolute atomic E-state index is 11.7. The maximum atomic E-state index is 11.7. The summed E-state index contributed by atoms with van der Waals surface area (Å²) in [5, 5.41) is 29.6. The number of nitrogens with one attached hydrogen (secondary N) is 1. The first kappa shape index (κ1) is 12.4. The van der Waals surface area contributed by atoms with Crippen LogP contribution in [-0.2, 0) is 4.79 Å². The Bertz CT molecular complexity index is 215. The Kier molecular flexibility index (Phi) is 4.07. The number of hydrogen-bond donors (Lipinski definition) is 4. The first-order chi connectivity index (χ1) is 7.08. The van der Waals surface area contributed by atoms with Crippen LogP contribution >= 0.6 is 0 Å². The highest BCUT2D eigenvalue weighted by Crippen LogP contribution is 2.36. The van der Waals surface area contributed by atoms with Gasteiger partial charge in [-0.2, -0.15) is 0 Å². The molecule has 15 heavy (non-hydrogen) atoms.